The van der Waals surface area contributed by atoms with Crippen LogP contribution in [-0.2, 0) is 14.3 Å². The zero-order valence-corrected chi connectivity index (χ0v) is 12.9. The lowest BCUT2D eigenvalue weighted by molar-refractivity contribution is -0.147. The van der Waals surface area contributed by atoms with E-state index in [9.17, 15) is 14.4 Å². The SMILES string of the molecule is O=C(COC(=O)CCSc1ccccc1)NC(=O)NC1CC1. The summed E-state index contributed by atoms with van der Waals surface area (Å²) in [6.07, 6.45) is 2.09. The van der Waals surface area contributed by atoms with Gasteiger partial charge in [-0.15, -0.1) is 11.8 Å². The van der Waals surface area contributed by atoms with Gasteiger partial charge in [0.15, 0.2) is 6.61 Å². The molecule has 1 saturated carbocycles. The Hall–Kier alpha value is -2.02. The Morgan fingerprint density at radius 2 is 1.91 bits per heavy atom. The number of urea groups is 1. The van der Waals surface area contributed by atoms with Crippen LogP contribution in [0, 0.1) is 0 Å². The molecule has 0 aromatic heterocycles. The summed E-state index contributed by atoms with van der Waals surface area (Å²) >= 11 is 1.54. The molecule has 0 atom stereocenters. The van der Waals surface area contributed by atoms with Crippen LogP contribution in [0.25, 0.3) is 0 Å². The normalized spacial score (nSPS) is 13.3. The molecule has 1 fully saturated rings. The highest BCUT2D eigenvalue weighted by Gasteiger charge is 2.24. The van der Waals surface area contributed by atoms with E-state index < -0.39 is 24.5 Å². The topological polar surface area (TPSA) is 84.5 Å². The highest BCUT2D eigenvalue weighted by atomic mass is 32.2. The van der Waals surface area contributed by atoms with E-state index in [1.165, 1.54) is 0 Å². The lowest BCUT2D eigenvalue weighted by Crippen LogP contribution is -2.42. The fourth-order valence-electron chi connectivity index (χ4n) is 1.60. The van der Waals surface area contributed by atoms with Gasteiger partial charge in [0.25, 0.3) is 5.91 Å². The number of ether oxygens (including phenoxy) is 1. The van der Waals surface area contributed by atoms with Gasteiger partial charge in [-0.05, 0) is 25.0 Å². The van der Waals surface area contributed by atoms with Gasteiger partial charge in [0.05, 0.1) is 6.42 Å². The highest BCUT2D eigenvalue weighted by molar-refractivity contribution is 7.99. The van der Waals surface area contributed by atoms with Crippen molar-refractivity contribution in [1.82, 2.24) is 10.6 Å². The van der Waals surface area contributed by atoms with Crippen molar-refractivity contribution in [1.29, 1.82) is 0 Å². The van der Waals surface area contributed by atoms with Gasteiger partial charge in [0.1, 0.15) is 0 Å². The Bertz CT molecular complexity index is 532. The minimum Gasteiger partial charge on any atom is -0.456 e. The lowest BCUT2D eigenvalue weighted by Gasteiger charge is -2.06. The second-order valence-electron chi connectivity index (χ2n) is 4.87. The number of benzene rings is 1. The van der Waals surface area contributed by atoms with Crippen molar-refractivity contribution < 1.29 is 19.1 Å². The average Bonchev–Trinajstić information content (AvgIpc) is 3.30. The molecule has 2 N–H and O–H groups in total. The molecule has 0 unspecified atom stereocenters. The number of amides is 3. The zero-order chi connectivity index (χ0) is 15.8. The van der Waals surface area contributed by atoms with E-state index in [0.717, 1.165) is 17.7 Å². The van der Waals surface area contributed by atoms with Crippen LogP contribution in [0.3, 0.4) is 0 Å². The second-order valence-corrected chi connectivity index (χ2v) is 6.04. The predicted molar refractivity (Wildman–Crippen MR) is 82.4 cm³/mol. The van der Waals surface area contributed by atoms with Crippen LogP contribution in [0.2, 0.25) is 0 Å². The first-order valence-electron chi connectivity index (χ1n) is 7.07. The van der Waals surface area contributed by atoms with Crippen LogP contribution in [0.15, 0.2) is 35.2 Å². The summed E-state index contributed by atoms with van der Waals surface area (Å²) in [6, 6.07) is 9.34. The Morgan fingerprint density at radius 3 is 2.59 bits per heavy atom. The predicted octanol–water partition coefficient (Wildman–Crippen LogP) is 1.70. The number of nitrogens with one attached hydrogen (secondary N) is 2. The fraction of sp³-hybridized carbons (Fsp3) is 0.400. The van der Waals surface area contributed by atoms with Crippen LogP contribution in [-0.4, -0.2) is 36.3 Å². The molecule has 0 bridgehead atoms. The third-order valence-corrected chi connectivity index (χ3v) is 3.86. The number of hydrogen-bond donors (Lipinski definition) is 2. The van der Waals surface area contributed by atoms with Gasteiger partial charge in [-0.25, -0.2) is 4.79 Å². The van der Waals surface area contributed by atoms with Gasteiger partial charge in [-0.2, -0.15) is 0 Å². The van der Waals surface area contributed by atoms with Crippen LogP contribution >= 0.6 is 11.8 Å². The molecule has 0 aliphatic heterocycles. The molecular formula is C15H18N2O4S. The smallest absolute Gasteiger partial charge is 0.321 e. The molecule has 6 nitrogen and oxygen atoms in total. The molecule has 0 radical (unpaired) electrons. The van der Waals surface area contributed by atoms with E-state index in [0.29, 0.717) is 5.75 Å². The molecule has 1 aliphatic rings. The molecule has 0 spiro atoms. The number of esters is 1. The largest absolute Gasteiger partial charge is 0.456 e. The minimum absolute atomic E-state index is 0.172. The van der Waals surface area contributed by atoms with E-state index >= 15 is 0 Å². The molecule has 1 aromatic rings. The first-order chi connectivity index (χ1) is 10.6. The molecule has 22 heavy (non-hydrogen) atoms. The van der Waals surface area contributed by atoms with Crippen molar-refractivity contribution >= 4 is 29.7 Å². The van der Waals surface area contributed by atoms with E-state index in [1.54, 1.807) is 11.8 Å². The molecule has 0 heterocycles. The summed E-state index contributed by atoms with van der Waals surface area (Å²) in [7, 11) is 0. The molecule has 7 heteroatoms. The molecule has 1 aliphatic carbocycles. The number of imide groups is 1. The summed E-state index contributed by atoms with van der Waals surface area (Å²) in [6.45, 7) is -0.438. The molecule has 118 valence electrons. The molecule has 1 aromatic carbocycles. The van der Waals surface area contributed by atoms with Crippen LogP contribution < -0.4 is 10.6 Å². The molecular weight excluding hydrogens is 304 g/mol. The zero-order valence-electron chi connectivity index (χ0n) is 12.0. The Balaban J connectivity index is 1.54. The Labute approximate surface area is 133 Å². The first-order valence-corrected chi connectivity index (χ1v) is 8.06. The van der Waals surface area contributed by atoms with Crippen molar-refractivity contribution in [3.05, 3.63) is 30.3 Å². The first kappa shape index (κ1) is 16.4. The van der Waals surface area contributed by atoms with Gasteiger partial charge < -0.3 is 10.1 Å². The number of thioether (sulfide) groups is 1. The van der Waals surface area contributed by atoms with Crippen molar-refractivity contribution in [2.45, 2.75) is 30.2 Å². The van der Waals surface area contributed by atoms with Crippen molar-refractivity contribution in [2.24, 2.45) is 0 Å². The summed E-state index contributed by atoms with van der Waals surface area (Å²) in [4.78, 5) is 35.3. The maximum absolute atomic E-state index is 11.5. The van der Waals surface area contributed by atoms with E-state index in [-0.39, 0.29) is 12.5 Å². The van der Waals surface area contributed by atoms with Gasteiger partial charge in [-0.3, -0.25) is 14.9 Å². The van der Waals surface area contributed by atoms with Gasteiger partial charge in [0.2, 0.25) is 0 Å². The summed E-state index contributed by atoms with van der Waals surface area (Å²) in [5.74, 6) is -0.504. The Morgan fingerprint density at radius 1 is 1.18 bits per heavy atom. The highest BCUT2D eigenvalue weighted by Crippen LogP contribution is 2.18. The third kappa shape index (κ3) is 6.62. The summed E-state index contributed by atoms with van der Waals surface area (Å²) in [5, 5.41) is 4.73. The third-order valence-electron chi connectivity index (χ3n) is 2.85. The van der Waals surface area contributed by atoms with Crippen molar-refractivity contribution in [3.8, 4) is 0 Å². The van der Waals surface area contributed by atoms with Crippen molar-refractivity contribution in [2.75, 3.05) is 12.4 Å². The van der Waals surface area contributed by atoms with E-state index in [1.807, 2.05) is 30.3 Å². The van der Waals surface area contributed by atoms with Crippen molar-refractivity contribution in [3.63, 3.8) is 0 Å². The molecule has 3 amide bonds. The van der Waals surface area contributed by atoms with Gasteiger partial charge in [-0.1, -0.05) is 18.2 Å². The fourth-order valence-corrected chi connectivity index (χ4v) is 2.45. The number of hydrogen-bond acceptors (Lipinski definition) is 5. The quantitative estimate of drug-likeness (QED) is 0.589. The molecule has 0 saturated heterocycles. The maximum atomic E-state index is 11.5. The van der Waals surface area contributed by atoms with Gasteiger partial charge >= 0.3 is 12.0 Å². The van der Waals surface area contributed by atoms with Crippen LogP contribution in [0.4, 0.5) is 4.79 Å². The monoisotopic (exact) mass is 322 g/mol. The summed E-state index contributed by atoms with van der Waals surface area (Å²) < 4.78 is 4.82. The number of rotatable bonds is 7. The average molecular weight is 322 g/mol. The minimum atomic E-state index is -0.623. The maximum Gasteiger partial charge on any atom is 0.321 e. The van der Waals surface area contributed by atoms with Crippen LogP contribution in [0.1, 0.15) is 19.3 Å². The van der Waals surface area contributed by atoms with Gasteiger partial charge in [0, 0.05) is 16.7 Å². The lowest BCUT2D eigenvalue weighted by atomic mass is 10.4. The Kier molecular flexibility index (Phi) is 6.27. The standard InChI is InChI=1S/C15H18N2O4S/c18-13(17-15(20)16-11-6-7-11)10-21-14(19)8-9-22-12-4-2-1-3-5-12/h1-5,11H,6-10H2,(H2,16,17,18,20). The second kappa shape index (κ2) is 8.43. The van der Waals surface area contributed by atoms with Crippen LogP contribution in [0.5, 0.6) is 0 Å². The number of carbonyl (C=O) groups excluding carboxylic acids is 3. The van der Waals surface area contributed by atoms with E-state index in [2.05, 4.69) is 10.6 Å². The molecule has 2 rings (SSSR count). The number of carbonyl (C=O) groups is 3. The van der Waals surface area contributed by atoms with E-state index in [4.69, 9.17) is 4.74 Å². The summed E-state index contributed by atoms with van der Waals surface area (Å²) in [5.41, 5.74) is 0.